The van der Waals surface area contributed by atoms with Crippen LogP contribution in [0, 0.1) is 12.8 Å². The molecule has 1 aliphatic heterocycles. The Hall–Kier alpha value is -1.88. The first-order chi connectivity index (χ1) is 12.3. The molecule has 2 amide bonds. The van der Waals surface area contributed by atoms with Crippen LogP contribution in [0.1, 0.15) is 45.2 Å². The Labute approximate surface area is 157 Å². The van der Waals surface area contributed by atoms with Gasteiger partial charge >= 0.3 is 0 Å². The van der Waals surface area contributed by atoms with Gasteiger partial charge in [0.2, 0.25) is 11.8 Å². The predicted molar refractivity (Wildman–Crippen MR) is 105 cm³/mol. The lowest BCUT2D eigenvalue weighted by Crippen LogP contribution is -2.43. The maximum Gasteiger partial charge on any atom is 0.225 e. The summed E-state index contributed by atoms with van der Waals surface area (Å²) in [5.74, 6) is -0.173. The van der Waals surface area contributed by atoms with E-state index in [4.69, 9.17) is 0 Å². The van der Waals surface area contributed by atoms with Gasteiger partial charge in [0.15, 0.2) is 0 Å². The molecule has 5 heteroatoms. The standard InChI is InChI=1S/C21H33N3O2/c1-15(2)24(16(3)4)11-10-22-21(26)19-12-20(25)23(14-19)13-18-8-6-17(5)7-9-18/h6-9,15-16,19H,10-14H2,1-5H3,(H,22,26). The zero-order chi connectivity index (χ0) is 19.3. The van der Waals surface area contributed by atoms with E-state index in [1.54, 1.807) is 4.90 Å². The number of rotatable bonds is 8. The van der Waals surface area contributed by atoms with Crippen LogP contribution in [-0.2, 0) is 16.1 Å². The molecule has 1 unspecified atom stereocenters. The van der Waals surface area contributed by atoms with Gasteiger partial charge in [0.25, 0.3) is 0 Å². The van der Waals surface area contributed by atoms with E-state index in [0.29, 0.717) is 38.1 Å². The predicted octanol–water partition coefficient (Wildman–Crippen LogP) is 2.58. The van der Waals surface area contributed by atoms with Crippen molar-refractivity contribution < 1.29 is 9.59 Å². The molecule has 1 aromatic rings. The van der Waals surface area contributed by atoms with E-state index in [2.05, 4.69) is 50.0 Å². The van der Waals surface area contributed by atoms with E-state index in [9.17, 15) is 9.59 Å². The summed E-state index contributed by atoms with van der Waals surface area (Å²) in [5.41, 5.74) is 2.31. The molecule has 1 heterocycles. The molecule has 144 valence electrons. The van der Waals surface area contributed by atoms with Crippen molar-refractivity contribution in [2.45, 2.75) is 59.7 Å². The van der Waals surface area contributed by atoms with E-state index in [-0.39, 0.29) is 17.7 Å². The minimum Gasteiger partial charge on any atom is -0.355 e. The lowest BCUT2D eigenvalue weighted by atomic mass is 10.1. The zero-order valence-corrected chi connectivity index (χ0v) is 16.8. The van der Waals surface area contributed by atoms with Crippen LogP contribution in [0.4, 0.5) is 0 Å². The zero-order valence-electron chi connectivity index (χ0n) is 16.8. The fourth-order valence-corrected chi connectivity index (χ4v) is 3.58. The van der Waals surface area contributed by atoms with Crippen molar-refractivity contribution in [1.29, 1.82) is 0 Å². The van der Waals surface area contributed by atoms with Crippen LogP contribution in [0.5, 0.6) is 0 Å². The third kappa shape index (κ3) is 5.56. The lowest BCUT2D eigenvalue weighted by molar-refractivity contribution is -0.129. The molecule has 26 heavy (non-hydrogen) atoms. The summed E-state index contributed by atoms with van der Waals surface area (Å²) in [4.78, 5) is 28.9. The molecule has 2 rings (SSSR count). The summed E-state index contributed by atoms with van der Waals surface area (Å²) in [6.45, 7) is 13.3. The van der Waals surface area contributed by atoms with Crippen LogP contribution < -0.4 is 5.32 Å². The van der Waals surface area contributed by atoms with Gasteiger partial charge in [0.05, 0.1) is 5.92 Å². The Morgan fingerprint density at radius 1 is 1.19 bits per heavy atom. The minimum absolute atomic E-state index is 0.00258. The molecular weight excluding hydrogens is 326 g/mol. The highest BCUT2D eigenvalue weighted by Crippen LogP contribution is 2.20. The Kier molecular flexibility index (Phi) is 7.21. The SMILES string of the molecule is Cc1ccc(CN2CC(C(=O)NCCN(C(C)C)C(C)C)CC2=O)cc1. The third-order valence-corrected chi connectivity index (χ3v) is 5.08. The van der Waals surface area contributed by atoms with Gasteiger partial charge in [-0.05, 0) is 40.2 Å². The van der Waals surface area contributed by atoms with Crippen molar-refractivity contribution in [2.24, 2.45) is 5.92 Å². The van der Waals surface area contributed by atoms with Gasteiger partial charge < -0.3 is 10.2 Å². The van der Waals surface area contributed by atoms with E-state index < -0.39 is 0 Å². The summed E-state index contributed by atoms with van der Waals surface area (Å²) in [6, 6.07) is 9.09. The number of aryl methyl sites for hydroxylation is 1. The Bertz CT molecular complexity index is 602. The number of carbonyl (C=O) groups excluding carboxylic acids is 2. The molecule has 0 aliphatic carbocycles. The topological polar surface area (TPSA) is 52.7 Å². The van der Waals surface area contributed by atoms with Gasteiger partial charge in [-0.15, -0.1) is 0 Å². The van der Waals surface area contributed by atoms with Crippen LogP contribution in [-0.4, -0.2) is 53.3 Å². The Balaban J connectivity index is 1.81. The number of likely N-dealkylation sites (tertiary alicyclic amines) is 1. The average Bonchev–Trinajstić information content (AvgIpc) is 2.93. The largest absolute Gasteiger partial charge is 0.355 e. The first kappa shape index (κ1) is 20.4. The molecule has 1 N–H and O–H groups in total. The molecule has 5 nitrogen and oxygen atoms in total. The first-order valence-electron chi connectivity index (χ1n) is 9.64. The molecule has 1 atom stereocenters. The minimum atomic E-state index is -0.237. The van der Waals surface area contributed by atoms with E-state index in [1.807, 2.05) is 19.1 Å². The molecular formula is C21H33N3O2. The second kappa shape index (κ2) is 9.17. The van der Waals surface area contributed by atoms with E-state index >= 15 is 0 Å². The van der Waals surface area contributed by atoms with Crippen LogP contribution in [0.25, 0.3) is 0 Å². The number of hydrogen-bond acceptors (Lipinski definition) is 3. The molecule has 0 bridgehead atoms. The summed E-state index contributed by atoms with van der Waals surface area (Å²) >= 11 is 0. The van der Waals surface area contributed by atoms with Gasteiger partial charge in [-0.1, -0.05) is 29.8 Å². The van der Waals surface area contributed by atoms with Gasteiger partial charge in [-0.25, -0.2) is 0 Å². The maximum atomic E-state index is 12.4. The van der Waals surface area contributed by atoms with Crippen molar-refractivity contribution in [3.63, 3.8) is 0 Å². The lowest BCUT2D eigenvalue weighted by Gasteiger charge is -2.30. The number of nitrogens with one attached hydrogen (secondary N) is 1. The highest BCUT2D eigenvalue weighted by molar-refractivity contribution is 5.89. The molecule has 1 fully saturated rings. The molecule has 1 aliphatic rings. The number of carbonyl (C=O) groups is 2. The fourth-order valence-electron chi connectivity index (χ4n) is 3.58. The second-order valence-electron chi connectivity index (χ2n) is 7.88. The quantitative estimate of drug-likeness (QED) is 0.776. The van der Waals surface area contributed by atoms with E-state index in [1.165, 1.54) is 5.56 Å². The molecule has 1 saturated heterocycles. The third-order valence-electron chi connectivity index (χ3n) is 5.08. The number of nitrogens with zero attached hydrogens (tertiary/aromatic N) is 2. The van der Waals surface area contributed by atoms with Gasteiger partial charge in [0.1, 0.15) is 0 Å². The van der Waals surface area contributed by atoms with Crippen molar-refractivity contribution in [3.8, 4) is 0 Å². The maximum absolute atomic E-state index is 12.4. The summed E-state index contributed by atoms with van der Waals surface area (Å²) < 4.78 is 0. The molecule has 1 aromatic carbocycles. The van der Waals surface area contributed by atoms with Crippen LogP contribution in [0.2, 0.25) is 0 Å². The fraction of sp³-hybridized carbons (Fsp3) is 0.619. The molecule has 0 saturated carbocycles. The van der Waals surface area contributed by atoms with Gasteiger partial charge in [-0.3, -0.25) is 14.5 Å². The Morgan fingerprint density at radius 2 is 1.81 bits per heavy atom. The van der Waals surface area contributed by atoms with Crippen LogP contribution in [0.15, 0.2) is 24.3 Å². The summed E-state index contributed by atoms with van der Waals surface area (Å²) in [5, 5.41) is 3.02. The number of amides is 2. The van der Waals surface area contributed by atoms with E-state index in [0.717, 1.165) is 12.1 Å². The first-order valence-corrected chi connectivity index (χ1v) is 9.64. The highest BCUT2D eigenvalue weighted by atomic mass is 16.2. The van der Waals surface area contributed by atoms with Crippen LogP contribution >= 0.6 is 0 Å². The van der Waals surface area contributed by atoms with Gasteiger partial charge in [-0.2, -0.15) is 0 Å². The summed E-state index contributed by atoms with van der Waals surface area (Å²) in [6.07, 6.45) is 0.315. The normalized spacial score (nSPS) is 17.6. The Morgan fingerprint density at radius 3 is 2.38 bits per heavy atom. The van der Waals surface area contributed by atoms with Gasteiger partial charge in [0, 0.05) is 44.7 Å². The highest BCUT2D eigenvalue weighted by Gasteiger charge is 2.34. The molecule has 0 radical (unpaired) electrons. The average molecular weight is 360 g/mol. The number of benzene rings is 1. The smallest absolute Gasteiger partial charge is 0.225 e. The number of hydrogen-bond donors (Lipinski definition) is 1. The molecule has 0 spiro atoms. The van der Waals surface area contributed by atoms with Crippen LogP contribution in [0.3, 0.4) is 0 Å². The molecule has 0 aromatic heterocycles. The van der Waals surface area contributed by atoms with Crippen molar-refractivity contribution in [2.75, 3.05) is 19.6 Å². The second-order valence-corrected chi connectivity index (χ2v) is 7.88. The monoisotopic (exact) mass is 359 g/mol. The summed E-state index contributed by atoms with van der Waals surface area (Å²) in [7, 11) is 0. The van der Waals surface area contributed by atoms with Crippen molar-refractivity contribution >= 4 is 11.8 Å². The van der Waals surface area contributed by atoms with Crippen molar-refractivity contribution in [1.82, 2.24) is 15.1 Å². The van der Waals surface area contributed by atoms with Crippen molar-refractivity contribution in [3.05, 3.63) is 35.4 Å².